The van der Waals surface area contributed by atoms with Gasteiger partial charge in [0.2, 0.25) is 0 Å². The fraction of sp³-hybridized carbons (Fsp3) is 0.600. The van der Waals surface area contributed by atoms with Crippen LogP contribution in [0.25, 0.3) is 0 Å². The van der Waals surface area contributed by atoms with Gasteiger partial charge in [-0.3, -0.25) is 10.1 Å². The van der Waals surface area contributed by atoms with Gasteiger partial charge in [-0.1, -0.05) is 18.3 Å². The average Bonchev–Trinajstić information content (AvgIpc) is 2.77. The highest BCUT2D eigenvalue weighted by Crippen LogP contribution is 2.35. The summed E-state index contributed by atoms with van der Waals surface area (Å²) in [7, 11) is -3.78. The van der Waals surface area contributed by atoms with Gasteiger partial charge in [0, 0.05) is 25.8 Å². The second-order valence-electron chi connectivity index (χ2n) is 3.77. The lowest BCUT2D eigenvalue weighted by Crippen LogP contribution is -2.33. The van der Waals surface area contributed by atoms with Crippen LogP contribution in [-0.4, -0.2) is 43.9 Å². The van der Waals surface area contributed by atoms with Crippen molar-refractivity contribution >= 4 is 32.0 Å². The zero-order chi connectivity index (χ0) is 15.3. The van der Waals surface area contributed by atoms with Crippen LogP contribution in [-0.2, 0) is 14.8 Å². The van der Waals surface area contributed by atoms with Gasteiger partial charge < -0.3 is 10.5 Å². The van der Waals surface area contributed by atoms with Crippen LogP contribution in [0.1, 0.15) is 13.8 Å². The molecular weight excluding hydrogens is 306 g/mol. The van der Waals surface area contributed by atoms with Crippen molar-refractivity contribution in [2.24, 2.45) is 0 Å². The maximum Gasteiger partial charge on any atom is 0.304 e. The molecule has 0 aliphatic heterocycles. The van der Waals surface area contributed by atoms with Gasteiger partial charge in [0.25, 0.3) is 10.0 Å². The van der Waals surface area contributed by atoms with E-state index in [4.69, 9.17) is 10.5 Å². The van der Waals surface area contributed by atoms with E-state index in [0.29, 0.717) is 17.9 Å². The highest BCUT2D eigenvalue weighted by atomic mass is 32.2. The Bertz CT molecular complexity index is 569. The first-order chi connectivity index (χ1) is 9.34. The van der Waals surface area contributed by atoms with Crippen molar-refractivity contribution in [1.82, 2.24) is 4.31 Å². The molecule has 10 heteroatoms. The molecule has 0 saturated heterocycles. The van der Waals surface area contributed by atoms with Crippen LogP contribution in [0.3, 0.4) is 0 Å². The van der Waals surface area contributed by atoms with E-state index in [2.05, 4.69) is 0 Å². The second kappa shape index (κ2) is 6.97. The van der Waals surface area contributed by atoms with E-state index < -0.39 is 14.9 Å². The first-order valence-electron chi connectivity index (χ1n) is 5.96. The predicted octanol–water partition coefficient (Wildman–Crippen LogP) is 1.29. The van der Waals surface area contributed by atoms with Crippen LogP contribution in [0, 0.1) is 10.1 Å². The maximum atomic E-state index is 12.3. The number of nitrogen functional groups attached to an aromatic ring is 1. The van der Waals surface area contributed by atoms with Crippen molar-refractivity contribution in [2.75, 3.05) is 32.0 Å². The van der Waals surface area contributed by atoms with Crippen molar-refractivity contribution in [2.45, 2.75) is 18.1 Å². The molecule has 0 atom stereocenters. The van der Waals surface area contributed by atoms with Gasteiger partial charge in [0.15, 0.2) is 5.00 Å². The largest absolute Gasteiger partial charge is 0.385 e. The quantitative estimate of drug-likeness (QED) is 0.438. The molecule has 0 saturated carbocycles. The molecule has 0 aliphatic rings. The Morgan fingerprint density at radius 1 is 1.50 bits per heavy atom. The summed E-state index contributed by atoms with van der Waals surface area (Å²) in [5, 5.41) is 10.6. The average molecular weight is 323 g/mol. The van der Waals surface area contributed by atoms with Crippen molar-refractivity contribution in [3.8, 4) is 0 Å². The molecular formula is C10H17N3O5S2. The Labute approximate surface area is 121 Å². The highest BCUT2D eigenvalue weighted by Gasteiger charge is 2.29. The Hall–Kier alpha value is -1.23. The molecule has 2 N–H and O–H groups in total. The molecule has 8 nitrogen and oxygen atoms in total. The maximum absolute atomic E-state index is 12.3. The molecule has 1 heterocycles. The van der Waals surface area contributed by atoms with E-state index in [1.165, 1.54) is 4.31 Å². The van der Waals surface area contributed by atoms with Gasteiger partial charge in [-0.05, 0) is 6.92 Å². The number of hydrogen-bond acceptors (Lipinski definition) is 7. The number of sulfonamides is 1. The summed E-state index contributed by atoms with van der Waals surface area (Å²) in [6.07, 6.45) is 0. The minimum atomic E-state index is -3.78. The lowest BCUT2D eigenvalue weighted by molar-refractivity contribution is -0.383. The molecule has 0 spiro atoms. The number of likely N-dealkylation sites (N-methyl/N-ethyl adjacent to an activating group) is 1. The molecule has 0 aromatic carbocycles. The van der Waals surface area contributed by atoms with E-state index in [1.807, 2.05) is 6.92 Å². The Morgan fingerprint density at radius 3 is 2.60 bits per heavy atom. The standard InChI is InChI=1S/C10H17N3O5S2/c1-3-12(5-6-18-4-2)20(16,17)9-7-8(13(14)15)10(11)19-9/h7H,3-6,11H2,1-2H3. The lowest BCUT2D eigenvalue weighted by Gasteiger charge is -2.18. The van der Waals surface area contributed by atoms with E-state index in [9.17, 15) is 18.5 Å². The zero-order valence-electron chi connectivity index (χ0n) is 11.2. The molecule has 114 valence electrons. The SMILES string of the molecule is CCOCCN(CC)S(=O)(=O)c1cc([N+](=O)[O-])c(N)s1. The summed E-state index contributed by atoms with van der Waals surface area (Å²) in [5.41, 5.74) is 5.09. The minimum Gasteiger partial charge on any atom is -0.385 e. The van der Waals surface area contributed by atoms with Crippen LogP contribution in [0.5, 0.6) is 0 Å². The fourth-order valence-electron chi connectivity index (χ4n) is 1.53. The molecule has 0 fully saturated rings. The number of rotatable bonds is 8. The Kier molecular flexibility index (Phi) is 5.87. The Morgan fingerprint density at radius 2 is 2.15 bits per heavy atom. The van der Waals surface area contributed by atoms with E-state index >= 15 is 0 Å². The molecule has 1 rings (SSSR count). The van der Waals surface area contributed by atoms with E-state index in [1.54, 1.807) is 6.92 Å². The van der Waals surface area contributed by atoms with Gasteiger partial charge in [0.1, 0.15) is 4.21 Å². The fourth-order valence-corrected chi connectivity index (χ4v) is 4.33. The summed E-state index contributed by atoms with van der Waals surface area (Å²) in [5.74, 6) is 0. The molecule has 20 heavy (non-hydrogen) atoms. The minimum absolute atomic E-state index is 0.116. The molecule has 1 aromatic heterocycles. The number of hydrogen-bond donors (Lipinski definition) is 1. The van der Waals surface area contributed by atoms with Crippen LogP contribution in [0.4, 0.5) is 10.7 Å². The third-order valence-electron chi connectivity index (χ3n) is 2.55. The van der Waals surface area contributed by atoms with Gasteiger partial charge in [-0.15, -0.1) is 0 Å². The van der Waals surface area contributed by atoms with Gasteiger partial charge >= 0.3 is 5.69 Å². The number of ether oxygens (including phenoxy) is 1. The van der Waals surface area contributed by atoms with Crippen LogP contribution < -0.4 is 5.73 Å². The third kappa shape index (κ3) is 3.66. The summed E-state index contributed by atoms with van der Waals surface area (Å²) in [4.78, 5) is 10.0. The number of anilines is 1. The second-order valence-corrected chi connectivity index (χ2v) is 7.01. The predicted molar refractivity (Wildman–Crippen MR) is 76.3 cm³/mol. The number of nitro groups is 1. The third-order valence-corrected chi connectivity index (χ3v) is 5.93. The summed E-state index contributed by atoms with van der Waals surface area (Å²) in [6, 6.07) is 0.999. The summed E-state index contributed by atoms with van der Waals surface area (Å²) >= 11 is 0.698. The zero-order valence-corrected chi connectivity index (χ0v) is 12.9. The molecule has 0 unspecified atom stereocenters. The van der Waals surface area contributed by atoms with E-state index in [0.717, 1.165) is 6.07 Å². The molecule has 0 radical (unpaired) electrons. The first-order valence-corrected chi connectivity index (χ1v) is 8.21. The monoisotopic (exact) mass is 323 g/mol. The van der Waals surface area contributed by atoms with Gasteiger partial charge in [-0.2, -0.15) is 4.31 Å². The molecule has 0 bridgehead atoms. The summed E-state index contributed by atoms with van der Waals surface area (Å²) < 4.78 is 30.9. The summed E-state index contributed by atoms with van der Waals surface area (Å²) in [6.45, 7) is 4.71. The smallest absolute Gasteiger partial charge is 0.304 e. The van der Waals surface area contributed by atoms with E-state index in [-0.39, 0.29) is 34.6 Å². The highest BCUT2D eigenvalue weighted by molar-refractivity contribution is 7.91. The molecule has 0 aliphatic carbocycles. The lowest BCUT2D eigenvalue weighted by atomic mass is 10.5. The Balaban J connectivity index is 3.01. The normalized spacial score (nSPS) is 11.9. The molecule has 0 amide bonds. The number of nitrogens with two attached hydrogens (primary N) is 1. The van der Waals surface area contributed by atoms with Crippen molar-refractivity contribution in [1.29, 1.82) is 0 Å². The topological polar surface area (TPSA) is 116 Å². The van der Waals surface area contributed by atoms with Crippen LogP contribution in [0.15, 0.2) is 10.3 Å². The number of nitrogens with zero attached hydrogens (tertiary/aromatic N) is 2. The number of thiophene rings is 1. The molecule has 1 aromatic rings. The van der Waals surface area contributed by atoms with Crippen molar-refractivity contribution in [3.63, 3.8) is 0 Å². The van der Waals surface area contributed by atoms with Crippen LogP contribution >= 0.6 is 11.3 Å². The van der Waals surface area contributed by atoms with Gasteiger partial charge in [0.05, 0.1) is 11.5 Å². The van der Waals surface area contributed by atoms with Crippen molar-refractivity contribution in [3.05, 3.63) is 16.2 Å². The van der Waals surface area contributed by atoms with Crippen molar-refractivity contribution < 1.29 is 18.1 Å². The van der Waals surface area contributed by atoms with Crippen LogP contribution in [0.2, 0.25) is 0 Å². The van der Waals surface area contributed by atoms with Gasteiger partial charge in [-0.25, -0.2) is 8.42 Å². The first kappa shape index (κ1) is 16.8.